The molecule has 2 N–H and O–H groups in total. The highest BCUT2D eigenvalue weighted by atomic mass is 16.2. The van der Waals surface area contributed by atoms with Gasteiger partial charge in [0.25, 0.3) is 5.91 Å². The fourth-order valence-corrected chi connectivity index (χ4v) is 3.02. The molecule has 1 saturated carbocycles. The number of hydrogen-bond donors (Lipinski definition) is 2. The molecule has 1 aromatic rings. The van der Waals surface area contributed by atoms with Crippen LogP contribution >= 0.6 is 0 Å². The summed E-state index contributed by atoms with van der Waals surface area (Å²) in [6, 6.07) is 7.44. The number of hydrogen-bond acceptors (Lipinski definition) is 2. The normalized spacial score (nSPS) is 16.2. The van der Waals surface area contributed by atoms with Crippen molar-refractivity contribution >= 4 is 17.5 Å². The molecule has 4 nitrogen and oxygen atoms in total. The highest BCUT2D eigenvalue weighted by molar-refractivity contribution is 5.95. The summed E-state index contributed by atoms with van der Waals surface area (Å²) in [5, 5.41) is 5.99. The van der Waals surface area contributed by atoms with Gasteiger partial charge in [-0.05, 0) is 43.5 Å². The number of anilines is 1. The van der Waals surface area contributed by atoms with Crippen LogP contribution in [0.15, 0.2) is 24.3 Å². The monoisotopic (exact) mass is 316 g/mol. The van der Waals surface area contributed by atoms with Crippen LogP contribution in [0.2, 0.25) is 0 Å². The van der Waals surface area contributed by atoms with Crippen LogP contribution in [0.4, 0.5) is 5.69 Å². The van der Waals surface area contributed by atoms with Gasteiger partial charge in [-0.15, -0.1) is 0 Å². The minimum atomic E-state index is -0.0120. The maximum absolute atomic E-state index is 12.3. The maximum atomic E-state index is 12.3. The van der Waals surface area contributed by atoms with Crippen molar-refractivity contribution in [1.29, 1.82) is 0 Å². The van der Waals surface area contributed by atoms with Gasteiger partial charge in [-0.2, -0.15) is 0 Å². The van der Waals surface area contributed by atoms with Crippen molar-refractivity contribution in [3.05, 3.63) is 29.8 Å². The molecule has 2 rings (SSSR count). The van der Waals surface area contributed by atoms with Crippen LogP contribution in [0.25, 0.3) is 0 Å². The first kappa shape index (κ1) is 17.5. The van der Waals surface area contributed by atoms with E-state index in [1.807, 2.05) is 6.92 Å². The topological polar surface area (TPSA) is 58.2 Å². The molecule has 1 aromatic carbocycles. The van der Waals surface area contributed by atoms with E-state index in [4.69, 9.17) is 0 Å². The molecule has 2 amide bonds. The van der Waals surface area contributed by atoms with Crippen molar-refractivity contribution in [2.45, 2.75) is 70.8 Å². The number of amides is 2. The summed E-state index contributed by atoms with van der Waals surface area (Å²) in [5.41, 5.74) is 1.39. The quantitative estimate of drug-likeness (QED) is 0.852. The predicted molar refractivity (Wildman–Crippen MR) is 93.6 cm³/mol. The van der Waals surface area contributed by atoms with E-state index in [-0.39, 0.29) is 11.8 Å². The molecule has 0 unspecified atom stereocenters. The zero-order chi connectivity index (χ0) is 16.5. The third kappa shape index (κ3) is 6.05. The second-order valence-corrected chi connectivity index (χ2v) is 6.39. The number of benzene rings is 1. The lowest BCUT2D eigenvalue weighted by Gasteiger charge is -2.21. The molecule has 4 heteroatoms. The zero-order valence-electron chi connectivity index (χ0n) is 14.1. The molecule has 1 fully saturated rings. The summed E-state index contributed by atoms with van der Waals surface area (Å²) in [7, 11) is 0. The zero-order valence-corrected chi connectivity index (χ0v) is 14.1. The van der Waals surface area contributed by atoms with Crippen molar-refractivity contribution in [3.63, 3.8) is 0 Å². The van der Waals surface area contributed by atoms with Gasteiger partial charge in [-0.3, -0.25) is 9.59 Å². The Balaban J connectivity index is 1.87. The molecule has 0 saturated heterocycles. The Morgan fingerprint density at radius 2 is 1.61 bits per heavy atom. The Hall–Kier alpha value is -1.84. The SMILES string of the molecule is CCCC(=O)Nc1ccc(C(=O)NC2CCCCCCC2)cc1. The van der Waals surface area contributed by atoms with E-state index in [1.165, 1.54) is 32.1 Å². The smallest absolute Gasteiger partial charge is 0.251 e. The first-order valence-corrected chi connectivity index (χ1v) is 8.90. The molecule has 0 aromatic heterocycles. The molecular weight excluding hydrogens is 288 g/mol. The van der Waals surface area contributed by atoms with Gasteiger partial charge in [-0.1, -0.05) is 39.0 Å². The Morgan fingerprint density at radius 3 is 2.22 bits per heavy atom. The number of nitrogens with one attached hydrogen (secondary N) is 2. The molecule has 0 aliphatic heterocycles. The van der Waals surface area contributed by atoms with Crippen LogP contribution < -0.4 is 10.6 Å². The maximum Gasteiger partial charge on any atom is 0.251 e. The molecule has 0 spiro atoms. The number of carbonyl (C=O) groups is 2. The van der Waals surface area contributed by atoms with Gasteiger partial charge in [-0.25, -0.2) is 0 Å². The lowest BCUT2D eigenvalue weighted by Crippen LogP contribution is -2.35. The van der Waals surface area contributed by atoms with Crippen molar-refractivity contribution in [1.82, 2.24) is 5.32 Å². The lowest BCUT2D eigenvalue weighted by molar-refractivity contribution is -0.116. The fourth-order valence-electron chi connectivity index (χ4n) is 3.02. The van der Waals surface area contributed by atoms with Crippen molar-refractivity contribution < 1.29 is 9.59 Å². The molecule has 1 aliphatic rings. The van der Waals surface area contributed by atoms with Gasteiger partial charge in [0, 0.05) is 23.7 Å². The van der Waals surface area contributed by atoms with Crippen LogP contribution in [0.3, 0.4) is 0 Å². The van der Waals surface area contributed by atoms with Gasteiger partial charge in [0.2, 0.25) is 5.91 Å². The van der Waals surface area contributed by atoms with E-state index in [0.29, 0.717) is 18.0 Å². The second kappa shape index (κ2) is 9.33. The first-order valence-electron chi connectivity index (χ1n) is 8.90. The number of carbonyl (C=O) groups excluding carboxylic acids is 2. The van der Waals surface area contributed by atoms with E-state index in [0.717, 1.165) is 24.9 Å². The summed E-state index contributed by atoms with van der Waals surface area (Å²) in [5.74, 6) is 0.00114. The summed E-state index contributed by atoms with van der Waals surface area (Å²) in [6.07, 6.45) is 9.79. The standard InChI is InChI=1S/C19H28N2O2/c1-2-8-18(22)20-17-13-11-15(12-14-17)19(23)21-16-9-6-4-3-5-7-10-16/h11-14,16H,2-10H2,1H3,(H,20,22)(H,21,23). The first-order chi connectivity index (χ1) is 11.2. The molecule has 0 bridgehead atoms. The minimum Gasteiger partial charge on any atom is -0.349 e. The highest BCUT2D eigenvalue weighted by Gasteiger charge is 2.15. The van der Waals surface area contributed by atoms with Crippen LogP contribution in [-0.4, -0.2) is 17.9 Å². The second-order valence-electron chi connectivity index (χ2n) is 6.39. The Labute approximate surface area is 139 Å². The molecule has 126 valence electrons. The van der Waals surface area contributed by atoms with Crippen LogP contribution in [0.5, 0.6) is 0 Å². The predicted octanol–water partition coefficient (Wildman–Crippen LogP) is 4.27. The summed E-state index contributed by atoms with van der Waals surface area (Å²) >= 11 is 0. The molecule has 0 radical (unpaired) electrons. The molecule has 0 atom stereocenters. The van der Waals surface area contributed by atoms with Crippen LogP contribution in [-0.2, 0) is 4.79 Å². The average Bonchev–Trinajstić information content (AvgIpc) is 2.50. The van der Waals surface area contributed by atoms with E-state index in [1.54, 1.807) is 24.3 Å². The molecule has 23 heavy (non-hydrogen) atoms. The van der Waals surface area contributed by atoms with Gasteiger partial charge < -0.3 is 10.6 Å². The lowest BCUT2D eigenvalue weighted by atomic mass is 9.96. The fraction of sp³-hybridized carbons (Fsp3) is 0.579. The van der Waals surface area contributed by atoms with Crippen LogP contribution in [0, 0.1) is 0 Å². The van der Waals surface area contributed by atoms with Crippen molar-refractivity contribution in [2.75, 3.05) is 5.32 Å². The molecule has 0 heterocycles. The molecular formula is C19H28N2O2. The third-order valence-corrected chi connectivity index (χ3v) is 4.35. The largest absolute Gasteiger partial charge is 0.349 e. The summed E-state index contributed by atoms with van der Waals surface area (Å²) < 4.78 is 0. The summed E-state index contributed by atoms with van der Waals surface area (Å²) in [4.78, 5) is 23.9. The Kier molecular flexibility index (Phi) is 7.11. The van der Waals surface area contributed by atoms with Gasteiger partial charge >= 0.3 is 0 Å². The number of rotatable bonds is 5. The summed E-state index contributed by atoms with van der Waals surface area (Å²) in [6.45, 7) is 1.97. The third-order valence-electron chi connectivity index (χ3n) is 4.35. The van der Waals surface area contributed by atoms with E-state index in [2.05, 4.69) is 10.6 Å². The average molecular weight is 316 g/mol. The van der Waals surface area contributed by atoms with E-state index >= 15 is 0 Å². The van der Waals surface area contributed by atoms with Gasteiger partial charge in [0.05, 0.1) is 0 Å². The van der Waals surface area contributed by atoms with Crippen molar-refractivity contribution in [2.24, 2.45) is 0 Å². The Bertz CT molecular complexity index is 503. The van der Waals surface area contributed by atoms with Crippen LogP contribution in [0.1, 0.15) is 75.1 Å². The van der Waals surface area contributed by atoms with E-state index in [9.17, 15) is 9.59 Å². The minimum absolute atomic E-state index is 0.0120. The van der Waals surface area contributed by atoms with Gasteiger partial charge in [0.15, 0.2) is 0 Å². The van der Waals surface area contributed by atoms with E-state index < -0.39 is 0 Å². The Morgan fingerprint density at radius 1 is 1.00 bits per heavy atom. The highest BCUT2D eigenvalue weighted by Crippen LogP contribution is 2.18. The van der Waals surface area contributed by atoms with Gasteiger partial charge in [0.1, 0.15) is 0 Å². The molecule has 1 aliphatic carbocycles. The van der Waals surface area contributed by atoms with Crippen molar-refractivity contribution in [3.8, 4) is 0 Å².